The largest absolute Gasteiger partial charge is 0.356 e. The van der Waals surface area contributed by atoms with Crippen molar-refractivity contribution in [3.05, 3.63) is 30.1 Å². The number of nitrogens with one attached hydrogen (secondary N) is 1. The highest BCUT2D eigenvalue weighted by Gasteiger charge is 2.23. The zero-order chi connectivity index (χ0) is 9.80. The topological polar surface area (TPSA) is 42.0 Å². The fraction of sp³-hybridized carbons (Fsp3) is 0.455. The fourth-order valence-electron chi connectivity index (χ4n) is 1.81. The summed E-state index contributed by atoms with van der Waals surface area (Å²) in [6, 6.07) is 4.01. The quantitative estimate of drug-likeness (QED) is 0.776. The van der Waals surface area contributed by atoms with Gasteiger partial charge in [0.1, 0.15) is 0 Å². The molecule has 2 rings (SSSR count). The van der Waals surface area contributed by atoms with Gasteiger partial charge in [0.25, 0.3) is 0 Å². The first-order valence-electron chi connectivity index (χ1n) is 5.03. The van der Waals surface area contributed by atoms with Crippen LogP contribution in [-0.2, 0) is 11.2 Å². The zero-order valence-electron chi connectivity index (χ0n) is 8.07. The van der Waals surface area contributed by atoms with Crippen LogP contribution in [0.3, 0.4) is 0 Å². The van der Waals surface area contributed by atoms with Gasteiger partial charge in [-0.2, -0.15) is 0 Å². The maximum atomic E-state index is 11.3. The van der Waals surface area contributed by atoms with Gasteiger partial charge in [0.2, 0.25) is 5.91 Å². The number of aryl methyl sites for hydroxylation is 1. The zero-order valence-corrected chi connectivity index (χ0v) is 8.07. The highest BCUT2D eigenvalue weighted by Crippen LogP contribution is 2.16. The van der Waals surface area contributed by atoms with Gasteiger partial charge in [-0.25, -0.2) is 0 Å². The smallest absolute Gasteiger partial charge is 0.223 e. The minimum atomic E-state index is 0.221. The van der Waals surface area contributed by atoms with Crippen LogP contribution in [0.15, 0.2) is 24.5 Å². The molecule has 1 aliphatic rings. The van der Waals surface area contributed by atoms with Crippen LogP contribution in [0.1, 0.15) is 18.4 Å². The molecule has 1 fully saturated rings. The highest BCUT2D eigenvalue weighted by molar-refractivity contribution is 5.80. The Morgan fingerprint density at radius 2 is 2.21 bits per heavy atom. The van der Waals surface area contributed by atoms with Crippen LogP contribution < -0.4 is 5.32 Å². The molecule has 0 aliphatic carbocycles. The van der Waals surface area contributed by atoms with Gasteiger partial charge in [-0.15, -0.1) is 0 Å². The van der Waals surface area contributed by atoms with E-state index >= 15 is 0 Å². The fourth-order valence-corrected chi connectivity index (χ4v) is 1.81. The van der Waals surface area contributed by atoms with Gasteiger partial charge < -0.3 is 5.32 Å². The number of carbonyl (C=O) groups excluding carboxylic acids is 1. The summed E-state index contributed by atoms with van der Waals surface area (Å²) in [6.07, 6.45) is 6.51. The molecule has 0 aromatic carbocycles. The lowest BCUT2D eigenvalue weighted by Gasteiger charge is -2.05. The molecule has 2 heterocycles. The van der Waals surface area contributed by atoms with E-state index in [9.17, 15) is 4.79 Å². The van der Waals surface area contributed by atoms with E-state index in [1.54, 1.807) is 12.4 Å². The number of aromatic nitrogens is 1. The number of amides is 1. The van der Waals surface area contributed by atoms with Crippen molar-refractivity contribution in [3.63, 3.8) is 0 Å². The maximum Gasteiger partial charge on any atom is 0.223 e. The molecule has 1 N–H and O–H groups in total. The lowest BCUT2D eigenvalue weighted by Crippen LogP contribution is -2.19. The summed E-state index contributed by atoms with van der Waals surface area (Å²) in [5.41, 5.74) is 1.26. The third kappa shape index (κ3) is 2.10. The first kappa shape index (κ1) is 9.19. The number of hydrogen-bond acceptors (Lipinski definition) is 2. The number of pyridine rings is 1. The van der Waals surface area contributed by atoms with E-state index in [0.29, 0.717) is 0 Å². The van der Waals surface area contributed by atoms with Crippen molar-refractivity contribution in [2.45, 2.75) is 19.3 Å². The Bertz CT molecular complexity index is 310. The summed E-state index contributed by atoms with van der Waals surface area (Å²) in [6.45, 7) is 0.847. The van der Waals surface area contributed by atoms with Crippen LogP contribution in [0.2, 0.25) is 0 Å². The van der Waals surface area contributed by atoms with E-state index < -0.39 is 0 Å². The number of carbonyl (C=O) groups is 1. The molecule has 74 valence electrons. The molecule has 3 nitrogen and oxygen atoms in total. The molecule has 1 saturated heterocycles. The van der Waals surface area contributed by atoms with Gasteiger partial charge >= 0.3 is 0 Å². The van der Waals surface area contributed by atoms with Crippen LogP contribution in [0.25, 0.3) is 0 Å². The second-order valence-corrected chi connectivity index (χ2v) is 3.67. The molecule has 14 heavy (non-hydrogen) atoms. The Morgan fingerprint density at radius 1 is 1.43 bits per heavy atom. The Balaban J connectivity index is 1.85. The van der Waals surface area contributed by atoms with Crippen molar-refractivity contribution in [1.82, 2.24) is 10.3 Å². The predicted molar refractivity (Wildman–Crippen MR) is 53.7 cm³/mol. The second kappa shape index (κ2) is 4.22. The average Bonchev–Trinajstić information content (AvgIpc) is 2.63. The van der Waals surface area contributed by atoms with Gasteiger partial charge in [0.15, 0.2) is 0 Å². The highest BCUT2D eigenvalue weighted by atomic mass is 16.2. The molecule has 1 aromatic heterocycles. The van der Waals surface area contributed by atoms with E-state index in [0.717, 1.165) is 25.8 Å². The maximum absolute atomic E-state index is 11.3. The van der Waals surface area contributed by atoms with Crippen molar-refractivity contribution >= 4 is 5.91 Å². The molecule has 1 amide bonds. The lowest BCUT2D eigenvalue weighted by molar-refractivity contribution is -0.122. The average molecular weight is 190 g/mol. The van der Waals surface area contributed by atoms with Crippen LogP contribution in [-0.4, -0.2) is 17.4 Å². The number of rotatable bonds is 3. The van der Waals surface area contributed by atoms with Gasteiger partial charge in [-0.1, -0.05) is 0 Å². The van der Waals surface area contributed by atoms with E-state index in [-0.39, 0.29) is 11.8 Å². The van der Waals surface area contributed by atoms with E-state index in [1.165, 1.54) is 5.56 Å². The van der Waals surface area contributed by atoms with Gasteiger partial charge in [0, 0.05) is 24.9 Å². The SMILES string of the molecule is O=C1NCCC1CCc1ccncc1. The van der Waals surface area contributed by atoms with Crippen molar-refractivity contribution < 1.29 is 4.79 Å². The predicted octanol–water partition coefficient (Wildman–Crippen LogP) is 1.15. The number of hydrogen-bond donors (Lipinski definition) is 1. The Morgan fingerprint density at radius 3 is 2.86 bits per heavy atom. The monoisotopic (exact) mass is 190 g/mol. The lowest BCUT2D eigenvalue weighted by atomic mass is 9.99. The normalized spacial score (nSPS) is 20.9. The summed E-state index contributed by atoms with van der Waals surface area (Å²) >= 11 is 0. The third-order valence-corrected chi connectivity index (χ3v) is 2.69. The van der Waals surface area contributed by atoms with Crippen molar-refractivity contribution in [3.8, 4) is 0 Å². The summed E-state index contributed by atoms with van der Waals surface area (Å²) in [4.78, 5) is 15.2. The van der Waals surface area contributed by atoms with Gasteiger partial charge in [-0.05, 0) is 37.0 Å². The Kier molecular flexibility index (Phi) is 2.77. The van der Waals surface area contributed by atoms with Gasteiger partial charge in [-0.3, -0.25) is 9.78 Å². The summed E-state index contributed by atoms with van der Waals surface area (Å²) in [5.74, 6) is 0.447. The van der Waals surface area contributed by atoms with Crippen LogP contribution >= 0.6 is 0 Å². The van der Waals surface area contributed by atoms with Crippen molar-refractivity contribution in [1.29, 1.82) is 0 Å². The van der Waals surface area contributed by atoms with Crippen LogP contribution in [0, 0.1) is 5.92 Å². The molecule has 1 aromatic rings. The van der Waals surface area contributed by atoms with E-state index in [2.05, 4.69) is 10.3 Å². The third-order valence-electron chi connectivity index (χ3n) is 2.69. The van der Waals surface area contributed by atoms with E-state index in [4.69, 9.17) is 0 Å². The Hall–Kier alpha value is -1.38. The molecule has 0 spiro atoms. The molecule has 0 radical (unpaired) electrons. The summed E-state index contributed by atoms with van der Waals surface area (Å²) < 4.78 is 0. The molecular weight excluding hydrogens is 176 g/mol. The molecule has 0 saturated carbocycles. The van der Waals surface area contributed by atoms with Crippen LogP contribution in [0.5, 0.6) is 0 Å². The summed E-state index contributed by atoms with van der Waals surface area (Å²) in [5, 5.41) is 2.85. The second-order valence-electron chi connectivity index (χ2n) is 3.67. The molecule has 1 unspecified atom stereocenters. The molecular formula is C11H14N2O. The standard InChI is InChI=1S/C11H14N2O/c14-11-10(5-8-13-11)2-1-9-3-6-12-7-4-9/h3-4,6-7,10H,1-2,5,8H2,(H,13,14). The molecule has 0 bridgehead atoms. The minimum Gasteiger partial charge on any atom is -0.356 e. The minimum absolute atomic E-state index is 0.221. The van der Waals surface area contributed by atoms with Gasteiger partial charge in [0.05, 0.1) is 0 Å². The van der Waals surface area contributed by atoms with E-state index in [1.807, 2.05) is 12.1 Å². The Labute approximate surface area is 83.5 Å². The molecule has 1 atom stereocenters. The summed E-state index contributed by atoms with van der Waals surface area (Å²) in [7, 11) is 0. The first-order valence-corrected chi connectivity index (χ1v) is 5.03. The molecule has 1 aliphatic heterocycles. The first-order chi connectivity index (χ1) is 6.86. The van der Waals surface area contributed by atoms with Crippen molar-refractivity contribution in [2.75, 3.05) is 6.54 Å². The van der Waals surface area contributed by atoms with Crippen LogP contribution in [0.4, 0.5) is 0 Å². The molecule has 3 heteroatoms. The number of nitrogens with zero attached hydrogens (tertiary/aromatic N) is 1. The van der Waals surface area contributed by atoms with Crippen molar-refractivity contribution in [2.24, 2.45) is 5.92 Å².